The number of hydrogen-bond acceptors (Lipinski definition) is 3. The molecule has 6 heteroatoms. The molecule has 0 bridgehead atoms. The number of imidazole rings is 1. The van der Waals surface area contributed by atoms with Gasteiger partial charge in [0.25, 0.3) is 5.56 Å². The number of aryl methyl sites for hydroxylation is 2. The molecule has 18 heavy (non-hydrogen) atoms. The predicted molar refractivity (Wildman–Crippen MR) is 69.9 cm³/mol. The van der Waals surface area contributed by atoms with Gasteiger partial charge in [0, 0.05) is 26.6 Å². The van der Waals surface area contributed by atoms with Crippen molar-refractivity contribution in [3.63, 3.8) is 0 Å². The van der Waals surface area contributed by atoms with Gasteiger partial charge in [-0.1, -0.05) is 20.8 Å². The number of aromatic nitrogens is 4. The molecule has 0 unspecified atom stereocenters. The third-order valence-electron chi connectivity index (χ3n) is 3.15. The van der Waals surface area contributed by atoms with Crippen LogP contribution in [0.4, 0.5) is 0 Å². The molecule has 0 aromatic carbocycles. The Balaban J connectivity index is 3.08. The summed E-state index contributed by atoms with van der Waals surface area (Å²) in [5, 5.41) is 0. The Morgan fingerprint density at radius 1 is 0.944 bits per heavy atom. The molecule has 0 aliphatic carbocycles. The van der Waals surface area contributed by atoms with Crippen LogP contribution in [0.3, 0.4) is 0 Å². The number of nitrogens with zero attached hydrogens (tertiary/aromatic N) is 4. The van der Waals surface area contributed by atoms with E-state index in [0.29, 0.717) is 11.2 Å². The van der Waals surface area contributed by atoms with Crippen molar-refractivity contribution in [1.29, 1.82) is 0 Å². The summed E-state index contributed by atoms with van der Waals surface area (Å²) in [5.74, 6) is 0.788. The molecule has 0 fully saturated rings. The molecule has 0 aliphatic heterocycles. The molecule has 2 aromatic heterocycles. The predicted octanol–water partition coefficient (Wildman–Crippen LogP) is 0.268. The topological polar surface area (TPSA) is 61.8 Å². The lowest BCUT2D eigenvalue weighted by molar-refractivity contribution is 0.526. The summed E-state index contributed by atoms with van der Waals surface area (Å²) in [7, 11) is 4.92. The second-order valence-corrected chi connectivity index (χ2v) is 5.62. The summed E-state index contributed by atoms with van der Waals surface area (Å²) in [6.07, 6.45) is 0. The quantitative estimate of drug-likeness (QED) is 0.674. The average molecular weight is 250 g/mol. The molecular formula is C12H18N4O2. The van der Waals surface area contributed by atoms with E-state index in [4.69, 9.17) is 0 Å². The first-order valence-electron chi connectivity index (χ1n) is 5.79. The largest absolute Gasteiger partial charge is 0.332 e. The van der Waals surface area contributed by atoms with E-state index < -0.39 is 0 Å². The molecule has 0 N–H and O–H groups in total. The van der Waals surface area contributed by atoms with Crippen LogP contribution in [-0.2, 0) is 26.6 Å². The standard InChI is InChI=1S/C12H18N4O2/c1-12(2,3)10-13-8-7(14(10)4)9(17)16(6)11(18)15(8)5/h1-6H3. The van der Waals surface area contributed by atoms with Gasteiger partial charge in [0.15, 0.2) is 11.2 Å². The normalized spacial score (nSPS) is 12.3. The Labute approximate surface area is 104 Å². The van der Waals surface area contributed by atoms with Crippen molar-refractivity contribution in [3.05, 3.63) is 26.7 Å². The van der Waals surface area contributed by atoms with E-state index >= 15 is 0 Å². The summed E-state index contributed by atoms with van der Waals surface area (Å²) < 4.78 is 4.29. The lowest BCUT2D eigenvalue weighted by Gasteiger charge is -2.17. The van der Waals surface area contributed by atoms with Crippen molar-refractivity contribution in [3.8, 4) is 0 Å². The van der Waals surface area contributed by atoms with Crippen LogP contribution in [0.5, 0.6) is 0 Å². The molecule has 0 amide bonds. The van der Waals surface area contributed by atoms with Crippen molar-refractivity contribution >= 4 is 11.2 Å². The Bertz CT molecular complexity index is 740. The maximum absolute atomic E-state index is 12.2. The van der Waals surface area contributed by atoms with Crippen molar-refractivity contribution in [2.75, 3.05) is 0 Å². The smallest absolute Gasteiger partial charge is 0.325 e. The fraction of sp³-hybridized carbons (Fsp3) is 0.583. The molecule has 2 aromatic rings. The molecule has 0 atom stereocenters. The second-order valence-electron chi connectivity index (χ2n) is 5.62. The SMILES string of the molecule is Cn1c(=O)c2c(nc(C(C)(C)C)n2C)n(C)c1=O. The number of fused-ring (bicyclic) bond motifs is 1. The van der Waals surface area contributed by atoms with Crippen LogP contribution in [0.2, 0.25) is 0 Å². The zero-order chi connectivity index (χ0) is 13.8. The third-order valence-corrected chi connectivity index (χ3v) is 3.15. The van der Waals surface area contributed by atoms with Crippen molar-refractivity contribution in [2.45, 2.75) is 26.2 Å². The fourth-order valence-corrected chi connectivity index (χ4v) is 2.19. The Morgan fingerprint density at radius 3 is 2.00 bits per heavy atom. The molecule has 0 aliphatic rings. The molecular weight excluding hydrogens is 232 g/mol. The lowest BCUT2D eigenvalue weighted by Crippen LogP contribution is -2.37. The fourth-order valence-electron chi connectivity index (χ4n) is 2.19. The van der Waals surface area contributed by atoms with E-state index in [2.05, 4.69) is 4.98 Å². The molecule has 0 spiro atoms. The van der Waals surface area contributed by atoms with E-state index in [1.165, 1.54) is 11.6 Å². The van der Waals surface area contributed by atoms with Gasteiger partial charge in [-0.3, -0.25) is 13.9 Å². The van der Waals surface area contributed by atoms with Gasteiger partial charge in [0.1, 0.15) is 5.82 Å². The molecule has 98 valence electrons. The molecule has 6 nitrogen and oxygen atoms in total. The summed E-state index contributed by atoms with van der Waals surface area (Å²) in [6, 6.07) is 0. The van der Waals surface area contributed by atoms with Crippen molar-refractivity contribution in [1.82, 2.24) is 18.7 Å². The highest BCUT2D eigenvalue weighted by Crippen LogP contribution is 2.22. The van der Waals surface area contributed by atoms with Gasteiger partial charge in [-0.25, -0.2) is 9.78 Å². The highest BCUT2D eigenvalue weighted by molar-refractivity contribution is 5.71. The van der Waals surface area contributed by atoms with Gasteiger partial charge in [0.2, 0.25) is 0 Å². The van der Waals surface area contributed by atoms with Gasteiger partial charge in [-0.05, 0) is 0 Å². The lowest BCUT2D eigenvalue weighted by atomic mass is 9.96. The monoisotopic (exact) mass is 250 g/mol. The van der Waals surface area contributed by atoms with Crippen LogP contribution in [0.1, 0.15) is 26.6 Å². The Kier molecular flexibility index (Phi) is 2.50. The number of hydrogen-bond donors (Lipinski definition) is 0. The van der Waals surface area contributed by atoms with E-state index in [1.807, 2.05) is 27.8 Å². The zero-order valence-corrected chi connectivity index (χ0v) is 11.6. The maximum atomic E-state index is 12.2. The molecule has 0 saturated carbocycles. The maximum Gasteiger partial charge on any atom is 0.332 e. The van der Waals surface area contributed by atoms with E-state index in [0.717, 1.165) is 10.4 Å². The first kappa shape index (κ1) is 12.6. The first-order chi connectivity index (χ1) is 8.16. The highest BCUT2D eigenvalue weighted by atomic mass is 16.2. The van der Waals surface area contributed by atoms with Crippen LogP contribution >= 0.6 is 0 Å². The molecule has 2 rings (SSSR count). The average Bonchev–Trinajstić information content (AvgIpc) is 2.61. The van der Waals surface area contributed by atoms with Gasteiger partial charge in [0.05, 0.1) is 0 Å². The van der Waals surface area contributed by atoms with E-state index in [9.17, 15) is 9.59 Å². The van der Waals surface area contributed by atoms with E-state index in [-0.39, 0.29) is 16.7 Å². The molecule has 0 saturated heterocycles. The van der Waals surface area contributed by atoms with Crippen molar-refractivity contribution < 1.29 is 0 Å². The second kappa shape index (κ2) is 3.57. The van der Waals surface area contributed by atoms with Crippen LogP contribution in [0, 0.1) is 0 Å². The minimum atomic E-state index is -0.356. The van der Waals surface area contributed by atoms with Crippen molar-refractivity contribution in [2.24, 2.45) is 21.1 Å². The molecule has 2 heterocycles. The minimum absolute atomic E-state index is 0.186. The van der Waals surface area contributed by atoms with Crippen LogP contribution in [-0.4, -0.2) is 18.7 Å². The Hall–Kier alpha value is -1.85. The van der Waals surface area contributed by atoms with Gasteiger partial charge in [-0.2, -0.15) is 0 Å². The van der Waals surface area contributed by atoms with Gasteiger partial charge in [-0.15, -0.1) is 0 Å². The summed E-state index contributed by atoms with van der Waals surface area (Å²) in [4.78, 5) is 28.5. The minimum Gasteiger partial charge on any atom is -0.325 e. The Morgan fingerprint density at radius 2 is 1.50 bits per heavy atom. The van der Waals surface area contributed by atoms with Crippen LogP contribution < -0.4 is 11.2 Å². The summed E-state index contributed by atoms with van der Waals surface area (Å²) in [5.41, 5.74) is 0.0548. The summed E-state index contributed by atoms with van der Waals surface area (Å²) >= 11 is 0. The highest BCUT2D eigenvalue weighted by Gasteiger charge is 2.24. The van der Waals surface area contributed by atoms with Crippen LogP contribution in [0.25, 0.3) is 11.2 Å². The number of rotatable bonds is 0. The summed E-state index contributed by atoms with van der Waals surface area (Å²) in [6.45, 7) is 6.07. The van der Waals surface area contributed by atoms with Gasteiger partial charge < -0.3 is 4.57 Å². The van der Waals surface area contributed by atoms with Gasteiger partial charge >= 0.3 is 5.69 Å². The zero-order valence-electron chi connectivity index (χ0n) is 11.6. The molecule has 0 radical (unpaired) electrons. The van der Waals surface area contributed by atoms with Crippen LogP contribution in [0.15, 0.2) is 9.59 Å². The third kappa shape index (κ3) is 1.52. The van der Waals surface area contributed by atoms with E-state index in [1.54, 1.807) is 11.6 Å². The first-order valence-corrected chi connectivity index (χ1v) is 5.79.